The van der Waals surface area contributed by atoms with Gasteiger partial charge in [-0.2, -0.15) is 5.10 Å². The fourth-order valence-electron chi connectivity index (χ4n) is 2.48. The Morgan fingerprint density at radius 2 is 1.45 bits per heavy atom. The molecule has 0 atom stereocenters. The summed E-state index contributed by atoms with van der Waals surface area (Å²) >= 11 is 12.3. The van der Waals surface area contributed by atoms with Crippen molar-refractivity contribution in [2.45, 2.75) is 0 Å². The SMILES string of the molecule is Clc1cccc(Cl)c1C=NN1CCN(c2ccccc2)CC1. The second-order valence-electron chi connectivity index (χ2n) is 5.16. The lowest BCUT2D eigenvalue weighted by Crippen LogP contribution is -2.44. The molecular weight excluding hydrogens is 317 g/mol. The third-order valence-electron chi connectivity index (χ3n) is 3.73. The number of anilines is 1. The molecule has 0 aliphatic carbocycles. The van der Waals surface area contributed by atoms with Crippen molar-refractivity contribution in [3.63, 3.8) is 0 Å². The van der Waals surface area contributed by atoms with Crippen molar-refractivity contribution < 1.29 is 0 Å². The molecule has 0 radical (unpaired) electrons. The first kappa shape index (κ1) is 15.2. The Morgan fingerprint density at radius 3 is 2.09 bits per heavy atom. The van der Waals surface area contributed by atoms with Gasteiger partial charge in [0.2, 0.25) is 0 Å². The number of halogens is 2. The van der Waals surface area contributed by atoms with E-state index in [1.165, 1.54) is 5.69 Å². The van der Waals surface area contributed by atoms with Gasteiger partial charge in [0.05, 0.1) is 29.3 Å². The van der Waals surface area contributed by atoms with Crippen LogP contribution in [0, 0.1) is 0 Å². The number of hydrogen-bond donors (Lipinski definition) is 0. The lowest BCUT2D eigenvalue weighted by molar-refractivity contribution is 0.272. The van der Waals surface area contributed by atoms with Crippen molar-refractivity contribution in [1.29, 1.82) is 0 Å². The summed E-state index contributed by atoms with van der Waals surface area (Å²) in [6.07, 6.45) is 1.75. The van der Waals surface area contributed by atoms with Crippen molar-refractivity contribution in [3.8, 4) is 0 Å². The van der Waals surface area contributed by atoms with Gasteiger partial charge in [-0.25, -0.2) is 0 Å². The smallest absolute Gasteiger partial charge is 0.0572 e. The van der Waals surface area contributed by atoms with E-state index in [0.29, 0.717) is 10.0 Å². The molecule has 1 aliphatic rings. The average Bonchev–Trinajstić information content (AvgIpc) is 2.56. The normalized spacial score (nSPS) is 15.5. The highest BCUT2D eigenvalue weighted by atomic mass is 35.5. The Hall–Kier alpha value is -1.71. The van der Waals surface area contributed by atoms with Gasteiger partial charge in [0, 0.05) is 24.3 Å². The number of hydrogen-bond acceptors (Lipinski definition) is 3. The predicted octanol–water partition coefficient (Wildman–Crippen LogP) is 4.15. The maximum atomic E-state index is 6.15. The van der Waals surface area contributed by atoms with Crippen LogP contribution in [0.15, 0.2) is 53.6 Å². The monoisotopic (exact) mass is 333 g/mol. The van der Waals surface area contributed by atoms with Crippen LogP contribution in [0.5, 0.6) is 0 Å². The average molecular weight is 334 g/mol. The summed E-state index contributed by atoms with van der Waals surface area (Å²) in [6, 6.07) is 15.9. The third-order valence-corrected chi connectivity index (χ3v) is 4.39. The Morgan fingerprint density at radius 1 is 0.818 bits per heavy atom. The van der Waals surface area contributed by atoms with Crippen LogP contribution in [-0.2, 0) is 0 Å². The summed E-state index contributed by atoms with van der Waals surface area (Å²) in [5.74, 6) is 0. The Labute approximate surface area is 140 Å². The van der Waals surface area contributed by atoms with E-state index in [-0.39, 0.29) is 0 Å². The van der Waals surface area contributed by atoms with Crippen LogP contribution in [0.3, 0.4) is 0 Å². The molecule has 2 aromatic carbocycles. The van der Waals surface area contributed by atoms with Crippen molar-refractivity contribution in [2.75, 3.05) is 31.1 Å². The topological polar surface area (TPSA) is 18.8 Å². The first-order chi connectivity index (χ1) is 10.7. The molecule has 2 aromatic rings. The molecule has 1 saturated heterocycles. The summed E-state index contributed by atoms with van der Waals surface area (Å²) in [7, 11) is 0. The van der Waals surface area contributed by atoms with Crippen LogP contribution in [0.1, 0.15) is 5.56 Å². The van der Waals surface area contributed by atoms with Crippen molar-refractivity contribution in [3.05, 3.63) is 64.1 Å². The minimum absolute atomic E-state index is 0.624. The second-order valence-corrected chi connectivity index (χ2v) is 5.97. The molecule has 0 N–H and O–H groups in total. The number of hydrazone groups is 1. The molecule has 22 heavy (non-hydrogen) atoms. The highest BCUT2D eigenvalue weighted by Gasteiger charge is 2.15. The summed E-state index contributed by atoms with van der Waals surface area (Å²) in [6.45, 7) is 3.68. The van der Waals surface area contributed by atoms with E-state index in [1.807, 2.05) is 24.3 Å². The van der Waals surface area contributed by atoms with Gasteiger partial charge in [-0.3, -0.25) is 5.01 Å². The van der Waals surface area contributed by atoms with Gasteiger partial charge in [0.25, 0.3) is 0 Å². The Bertz CT molecular complexity index is 630. The van der Waals surface area contributed by atoms with Gasteiger partial charge in [-0.1, -0.05) is 47.5 Å². The Balaban J connectivity index is 1.61. The first-order valence-electron chi connectivity index (χ1n) is 7.27. The minimum atomic E-state index is 0.624. The molecule has 0 bridgehead atoms. The summed E-state index contributed by atoms with van der Waals surface area (Å²) in [5.41, 5.74) is 2.04. The minimum Gasteiger partial charge on any atom is -0.368 e. The number of nitrogens with zero attached hydrogens (tertiary/aromatic N) is 3. The molecule has 0 spiro atoms. The maximum Gasteiger partial charge on any atom is 0.0572 e. The molecule has 5 heteroatoms. The highest BCUT2D eigenvalue weighted by molar-refractivity contribution is 6.38. The van der Waals surface area contributed by atoms with Gasteiger partial charge in [0.1, 0.15) is 0 Å². The quantitative estimate of drug-likeness (QED) is 0.786. The van der Waals surface area contributed by atoms with Gasteiger partial charge >= 0.3 is 0 Å². The third kappa shape index (κ3) is 3.54. The van der Waals surface area contributed by atoms with Gasteiger partial charge in [0.15, 0.2) is 0 Å². The Kier molecular flexibility index (Phi) is 4.86. The molecule has 3 rings (SSSR count). The maximum absolute atomic E-state index is 6.15. The molecule has 0 unspecified atom stereocenters. The zero-order chi connectivity index (χ0) is 15.4. The first-order valence-corrected chi connectivity index (χ1v) is 8.02. The standard InChI is InChI=1S/C17H17Cl2N3/c18-16-7-4-8-17(19)15(16)13-20-22-11-9-21(10-12-22)14-5-2-1-3-6-14/h1-8,13H,9-12H2. The lowest BCUT2D eigenvalue weighted by atomic mass is 10.2. The summed E-state index contributed by atoms with van der Waals surface area (Å²) in [5, 5.41) is 7.82. The van der Waals surface area contributed by atoms with Crippen LogP contribution in [-0.4, -0.2) is 37.4 Å². The summed E-state index contributed by atoms with van der Waals surface area (Å²) < 4.78 is 0. The molecule has 1 heterocycles. The van der Waals surface area contributed by atoms with E-state index >= 15 is 0 Å². The van der Waals surface area contributed by atoms with Gasteiger partial charge < -0.3 is 4.90 Å². The van der Waals surface area contributed by atoms with Crippen LogP contribution in [0.4, 0.5) is 5.69 Å². The van der Waals surface area contributed by atoms with Gasteiger partial charge in [-0.15, -0.1) is 0 Å². The van der Waals surface area contributed by atoms with Crippen LogP contribution >= 0.6 is 23.2 Å². The lowest BCUT2D eigenvalue weighted by Gasteiger charge is -2.34. The van der Waals surface area contributed by atoms with E-state index in [4.69, 9.17) is 23.2 Å². The second kappa shape index (κ2) is 7.03. The largest absolute Gasteiger partial charge is 0.368 e. The zero-order valence-electron chi connectivity index (χ0n) is 12.1. The fourth-order valence-corrected chi connectivity index (χ4v) is 2.98. The van der Waals surface area contributed by atoms with Crippen LogP contribution < -0.4 is 4.90 Å². The number of benzene rings is 2. The predicted molar refractivity (Wildman–Crippen MR) is 94.3 cm³/mol. The van der Waals surface area contributed by atoms with Crippen molar-refractivity contribution in [1.82, 2.24) is 5.01 Å². The van der Waals surface area contributed by atoms with Gasteiger partial charge in [-0.05, 0) is 24.3 Å². The van der Waals surface area contributed by atoms with E-state index in [2.05, 4.69) is 39.3 Å². The van der Waals surface area contributed by atoms with E-state index in [9.17, 15) is 0 Å². The summed E-state index contributed by atoms with van der Waals surface area (Å²) in [4.78, 5) is 2.37. The van der Waals surface area contributed by atoms with E-state index in [1.54, 1.807) is 6.21 Å². The van der Waals surface area contributed by atoms with E-state index < -0.39 is 0 Å². The van der Waals surface area contributed by atoms with Crippen LogP contribution in [0.25, 0.3) is 0 Å². The van der Waals surface area contributed by atoms with Crippen LogP contribution in [0.2, 0.25) is 10.0 Å². The van der Waals surface area contributed by atoms with Crippen molar-refractivity contribution in [2.24, 2.45) is 5.10 Å². The van der Waals surface area contributed by atoms with Crippen molar-refractivity contribution >= 4 is 35.1 Å². The molecule has 114 valence electrons. The number of piperazine rings is 1. The fraction of sp³-hybridized carbons (Fsp3) is 0.235. The van der Waals surface area contributed by atoms with E-state index in [0.717, 1.165) is 31.7 Å². The molecule has 3 nitrogen and oxygen atoms in total. The number of para-hydroxylation sites is 1. The molecule has 1 fully saturated rings. The molecule has 1 aliphatic heterocycles. The zero-order valence-corrected chi connectivity index (χ0v) is 13.6. The highest BCUT2D eigenvalue weighted by Crippen LogP contribution is 2.22. The molecular formula is C17H17Cl2N3. The number of rotatable bonds is 3. The molecule has 0 amide bonds. The molecule has 0 aromatic heterocycles. The molecule has 0 saturated carbocycles.